The van der Waals surface area contributed by atoms with Crippen molar-refractivity contribution in [2.45, 2.75) is 39.7 Å². The highest BCUT2D eigenvalue weighted by atomic mass is 35.5. The van der Waals surface area contributed by atoms with Gasteiger partial charge in [-0.1, -0.05) is 36.5 Å². The number of aliphatic carboxylic acids is 1. The largest absolute Gasteiger partial charge is 0.479 e. The monoisotopic (exact) mass is 386 g/mol. The van der Waals surface area contributed by atoms with Gasteiger partial charge in [-0.05, 0) is 26.3 Å². The molecule has 1 aromatic carbocycles. The van der Waals surface area contributed by atoms with E-state index in [4.69, 9.17) is 37.8 Å². The van der Waals surface area contributed by atoms with Crippen LogP contribution in [0.4, 0.5) is 0 Å². The quantitative estimate of drug-likeness (QED) is 0.750. The van der Waals surface area contributed by atoms with Crippen LogP contribution >= 0.6 is 23.2 Å². The van der Waals surface area contributed by atoms with E-state index in [1.165, 1.54) is 19.1 Å². The fourth-order valence-electron chi connectivity index (χ4n) is 2.37. The maximum absolute atomic E-state index is 11.0. The first-order chi connectivity index (χ1) is 11.7. The van der Waals surface area contributed by atoms with Crippen molar-refractivity contribution in [3.8, 4) is 17.4 Å². The lowest BCUT2D eigenvalue weighted by molar-refractivity contribution is -0.144. The standard InChI is InChI=1S/C17H20Cl2N2O4/c1-5-6-11-9(2)20-21(4)16(11)25-15-8-14(12(18)7-13(15)19)24-10(3)17(22)23/h7-8,10H,5-6H2,1-4H3,(H,22,23). The molecule has 1 aromatic heterocycles. The van der Waals surface area contributed by atoms with E-state index in [-0.39, 0.29) is 10.8 Å². The minimum absolute atomic E-state index is 0.187. The van der Waals surface area contributed by atoms with Crippen molar-refractivity contribution in [1.82, 2.24) is 9.78 Å². The predicted molar refractivity (Wildman–Crippen MR) is 96.2 cm³/mol. The Kier molecular flexibility index (Phi) is 6.19. The van der Waals surface area contributed by atoms with Crippen LogP contribution in [0, 0.1) is 6.92 Å². The number of carbonyl (C=O) groups is 1. The number of ether oxygens (including phenoxy) is 2. The summed E-state index contributed by atoms with van der Waals surface area (Å²) in [6.07, 6.45) is 0.711. The molecule has 1 N–H and O–H groups in total. The van der Waals surface area contributed by atoms with Gasteiger partial charge >= 0.3 is 5.97 Å². The third kappa shape index (κ3) is 4.38. The SMILES string of the molecule is CCCc1c(C)nn(C)c1Oc1cc(OC(C)C(=O)O)c(Cl)cc1Cl. The zero-order valence-corrected chi connectivity index (χ0v) is 16.0. The number of carboxylic acids is 1. The van der Waals surface area contributed by atoms with Crippen molar-refractivity contribution in [1.29, 1.82) is 0 Å². The molecule has 0 fully saturated rings. The maximum atomic E-state index is 11.0. The van der Waals surface area contributed by atoms with Crippen LogP contribution in [0.2, 0.25) is 10.0 Å². The number of halogens is 2. The Morgan fingerprint density at radius 3 is 2.56 bits per heavy atom. The highest BCUT2D eigenvalue weighted by molar-refractivity contribution is 6.36. The molecule has 2 aromatic rings. The number of benzene rings is 1. The first-order valence-corrected chi connectivity index (χ1v) is 8.59. The van der Waals surface area contributed by atoms with Gasteiger partial charge in [0, 0.05) is 18.7 Å². The summed E-state index contributed by atoms with van der Waals surface area (Å²) in [5, 5.41) is 13.9. The summed E-state index contributed by atoms with van der Waals surface area (Å²) in [6, 6.07) is 2.95. The summed E-state index contributed by atoms with van der Waals surface area (Å²) in [5.41, 5.74) is 1.89. The summed E-state index contributed by atoms with van der Waals surface area (Å²) in [5.74, 6) is -0.00677. The van der Waals surface area contributed by atoms with E-state index in [9.17, 15) is 4.79 Å². The van der Waals surface area contributed by atoms with E-state index in [0.29, 0.717) is 16.7 Å². The van der Waals surface area contributed by atoms with Crippen LogP contribution in [0.25, 0.3) is 0 Å². The number of nitrogens with zero attached hydrogens (tertiary/aromatic N) is 2. The predicted octanol–water partition coefficient (Wildman–Crippen LogP) is 4.63. The van der Waals surface area contributed by atoms with E-state index in [1.807, 2.05) is 6.92 Å². The second-order valence-corrected chi connectivity index (χ2v) is 6.47. The van der Waals surface area contributed by atoms with Gasteiger partial charge < -0.3 is 14.6 Å². The Labute approximate surface area is 156 Å². The third-order valence-corrected chi connectivity index (χ3v) is 4.22. The van der Waals surface area contributed by atoms with Gasteiger partial charge in [0.05, 0.1) is 15.7 Å². The fourth-order valence-corrected chi connectivity index (χ4v) is 2.84. The number of carboxylic acid groups (broad SMARTS) is 1. The number of hydrogen-bond donors (Lipinski definition) is 1. The summed E-state index contributed by atoms with van der Waals surface area (Å²) in [7, 11) is 1.79. The molecule has 25 heavy (non-hydrogen) atoms. The summed E-state index contributed by atoms with van der Waals surface area (Å²) in [6.45, 7) is 5.41. The molecule has 8 heteroatoms. The van der Waals surface area contributed by atoms with E-state index in [0.717, 1.165) is 24.1 Å². The molecule has 0 spiro atoms. The van der Waals surface area contributed by atoms with Gasteiger partial charge in [0.2, 0.25) is 5.88 Å². The summed E-state index contributed by atoms with van der Waals surface area (Å²) in [4.78, 5) is 11.0. The van der Waals surface area contributed by atoms with Crippen LogP contribution in [-0.2, 0) is 18.3 Å². The third-order valence-electron chi connectivity index (χ3n) is 3.63. The summed E-state index contributed by atoms with van der Waals surface area (Å²) >= 11 is 12.3. The van der Waals surface area contributed by atoms with Gasteiger partial charge in [-0.25, -0.2) is 9.48 Å². The Balaban J connectivity index is 2.39. The normalized spacial score (nSPS) is 12.1. The molecule has 6 nitrogen and oxygen atoms in total. The highest BCUT2D eigenvalue weighted by Crippen LogP contribution is 2.39. The molecule has 1 atom stereocenters. The van der Waals surface area contributed by atoms with Gasteiger partial charge in [0.15, 0.2) is 11.9 Å². The van der Waals surface area contributed by atoms with Crippen molar-refractivity contribution in [3.05, 3.63) is 33.4 Å². The molecule has 1 heterocycles. The van der Waals surface area contributed by atoms with Crippen LogP contribution in [0.15, 0.2) is 12.1 Å². The molecular formula is C17H20Cl2N2O4. The molecule has 136 valence electrons. The van der Waals surface area contributed by atoms with E-state index in [2.05, 4.69) is 12.0 Å². The molecule has 0 radical (unpaired) electrons. The number of rotatable bonds is 7. The van der Waals surface area contributed by atoms with Crippen molar-refractivity contribution in [3.63, 3.8) is 0 Å². The molecule has 0 aliphatic carbocycles. The van der Waals surface area contributed by atoms with Crippen LogP contribution in [0.1, 0.15) is 31.5 Å². The minimum Gasteiger partial charge on any atom is -0.479 e. The van der Waals surface area contributed by atoms with Crippen molar-refractivity contribution < 1.29 is 19.4 Å². The number of aromatic nitrogens is 2. The molecule has 0 amide bonds. The smallest absolute Gasteiger partial charge is 0.344 e. The van der Waals surface area contributed by atoms with Crippen LogP contribution < -0.4 is 9.47 Å². The molecule has 0 saturated heterocycles. The molecule has 0 aliphatic heterocycles. The van der Waals surface area contributed by atoms with Gasteiger partial charge in [0.1, 0.15) is 5.75 Å². The van der Waals surface area contributed by atoms with Gasteiger partial charge in [0.25, 0.3) is 0 Å². The second-order valence-electron chi connectivity index (χ2n) is 5.66. The molecule has 2 rings (SSSR count). The second kappa shape index (κ2) is 7.97. The molecule has 0 saturated carbocycles. The zero-order chi connectivity index (χ0) is 18.7. The van der Waals surface area contributed by atoms with Crippen molar-refractivity contribution >= 4 is 29.2 Å². The Bertz CT molecular complexity index is 789. The highest BCUT2D eigenvalue weighted by Gasteiger charge is 2.20. The van der Waals surface area contributed by atoms with Crippen LogP contribution in [0.5, 0.6) is 17.4 Å². The molecule has 0 aliphatic rings. The van der Waals surface area contributed by atoms with Crippen molar-refractivity contribution in [2.75, 3.05) is 0 Å². The van der Waals surface area contributed by atoms with E-state index >= 15 is 0 Å². The Morgan fingerprint density at radius 2 is 1.96 bits per heavy atom. The van der Waals surface area contributed by atoms with Gasteiger partial charge in [-0.3, -0.25) is 0 Å². The maximum Gasteiger partial charge on any atom is 0.344 e. The average molecular weight is 387 g/mol. The van der Waals surface area contributed by atoms with Gasteiger partial charge in [-0.2, -0.15) is 5.10 Å². The number of hydrogen-bond acceptors (Lipinski definition) is 4. The van der Waals surface area contributed by atoms with E-state index < -0.39 is 12.1 Å². The zero-order valence-electron chi connectivity index (χ0n) is 14.5. The first kappa shape index (κ1) is 19.4. The average Bonchev–Trinajstić information content (AvgIpc) is 2.78. The van der Waals surface area contributed by atoms with Crippen LogP contribution in [0.3, 0.4) is 0 Å². The lowest BCUT2D eigenvalue weighted by Gasteiger charge is -2.15. The lowest BCUT2D eigenvalue weighted by atomic mass is 10.1. The molecule has 0 bridgehead atoms. The minimum atomic E-state index is -1.10. The van der Waals surface area contributed by atoms with E-state index in [1.54, 1.807) is 11.7 Å². The lowest BCUT2D eigenvalue weighted by Crippen LogP contribution is -2.23. The van der Waals surface area contributed by atoms with Crippen molar-refractivity contribution in [2.24, 2.45) is 7.05 Å². The Morgan fingerprint density at radius 1 is 1.32 bits per heavy atom. The molecular weight excluding hydrogens is 367 g/mol. The Hall–Kier alpha value is -1.92. The fraction of sp³-hybridized carbons (Fsp3) is 0.412. The first-order valence-electron chi connectivity index (χ1n) is 7.83. The summed E-state index contributed by atoms with van der Waals surface area (Å²) < 4.78 is 13.0. The van der Waals surface area contributed by atoms with Gasteiger partial charge in [-0.15, -0.1) is 0 Å². The number of aryl methyl sites for hydroxylation is 2. The molecule has 1 unspecified atom stereocenters. The van der Waals surface area contributed by atoms with Crippen LogP contribution in [-0.4, -0.2) is 27.0 Å². The topological polar surface area (TPSA) is 73.6 Å².